The second-order valence-electron chi connectivity index (χ2n) is 9.05. The molecule has 1 aliphatic heterocycles. The van der Waals surface area contributed by atoms with E-state index in [9.17, 15) is 14.7 Å². The smallest absolute Gasteiger partial charge is 0.274 e. The molecule has 0 unspecified atom stereocenters. The number of aromatic amines is 1. The zero-order valence-electron chi connectivity index (χ0n) is 20.0. The van der Waals surface area contributed by atoms with Crippen LogP contribution in [0.3, 0.4) is 0 Å². The lowest BCUT2D eigenvalue weighted by atomic mass is 10.1. The molecule has 2 amide bonds. The number of benzene rings is 2. The number of nitrogens with zero attached hydrogens (tertiary/aromatic N) is 4. The molecule has 0 spiro atoms. The average Bonchev–Trinajstić information content (AvgIpc) is 3.24. The maximum atomic E-state index is 13.3. The molecule has 1 aromatic heterocycles. The summed E-state index contributed by atoms with van der Waals surface area (Å²) < 4.78 is 5.40. The van der Waals surface area contributed by atoms with Crippen molar-refractivity contribution in [1.82, 2.24) is 15.1 Å². The number of anilines is 2. The molecule has 1 fully saturated rings. The number of phenolic OH excluding ortho intramolecular Hbond substituents is 1. The van der Waals surface area contributed by atoms with E-state index in [4.69, 9.17) is 4.74 Å². The van der Waals surface area contributed by atoms with Crippen molar-refractivity contribution < 1.29 is 19.4 Å². The maximum absolute atomic E-state index is 13.3. The molecular formula is C25H31N5O4. The van der Waals surface area contributed by atoms with Crippen molar-refractivity contribution >= 4 is 34.1 Å². The molecule has 4 rings (SSSR count). The topological polar surface area (TPSA) is 102 Å². The number of carbonyl (C=O) groups is 2. The first-order valence-electron chi connectivity index (χ1n) is 11.4. The number of rotatable bonds is 6. The molecule has 0 atom stereocenters. The molecule has 1 aliphatic rings. The quantitative estimate of drug-likeness (QED) is 0.580. The Hall–Kier alpha value is -3.59. The predicted octanol–water partition coefficient (Wildman–Crippen LogP) is 3.11. The molecule has 2 N–H and O–H groups in total. The number of hydrogen-bond acceptors (Lipinski definition) is 6. The minimum atomic E-state index is -0.381. The summed E-state index contributed by atoms with van der Waals surface area (Å²) in [7, 11) is 3.39. The van der Waals surface area contributed by atoms with E-state index in [2.05, 4.69) is 15.1 Å². The largest absolute Gasteiger partial charge is 0.507 e. The molecule has 180 valence electrons. The highest BCUT2D eigenvalue weighted by Gasteiger charge is 2.24. The number of amides is 2. The first-order chi connectivity index (χ1) is 16.3. The Morgan fingerprint density at radius 2 is 1.79 bits per heavy atom. The van der Waals surface area contributed by atoms with Gasteiger partial charge in [0.2, 0.25) is 0 Å². The van der Waals surface area contributed by atoms with Gasteiger partial charge >= 0.3 is 0 Å². The van der Waals surface area contributed by atoms with Crippen LogP contribution in [0.4, 0.5) is 11.4 Å². The summed E-state index contributed by atoms with van der Waals surface area (Å²) in [5.74, 6) is -0.485. The zero-order chi connectivity index (χ0) is 24.4. The van der Waals surface area contributed by atoms with Crippen molar-refractivity contribution in [3.63, 3.8) is 0 Å². The molecule has 0 radical (unpaired) electrons. The Balaban J connectivity index is 1.59. The monoisotopic (exact) mass is 465 g/mol. The first-order valence-corrected chi connectivity index (χ1v) is 11.4. The number of aromatic hydroxyl groups is 1. The third kappa shape index (κ3) is 4.70. The first kappa shape index (κ1) is 23.6. The Labute approximate surface area is 198 Å². The van der Waals surface area contributed by atoms with E-state index in [0.29, 0.717) is 42.3 Å². The van der Waals surface area contributed by atoms with Gasteiger partial charge in [-0.1, -0.05) is 13.8 Å². The molecule has 34 heavy (non-hydrogen) atoms. The number of hydrogen-bond donors (Lipinski definition) is 2. The van der Waals surface area contributed by atoms with Crippen molar-refractivity contribution in [2.75, 3.05) is 56.7 Å². The molecule has 0 saturated carbocycles. The minimum absolute atomic E-state index is 0.106. The van der Waals surface area contributed by atoms with Gasteiger partial charge in [0, 0.05) is 56.6 Å². The van der Waals surface area contributed by atoms with Gasteiger partial charge in [-0.3, -0.25) is 14.7 Å². The number of nitrogens with one attached hydrogen (secondary N) is 1. The summed E-state index contributed by atoms with van der Waals surface area (Å²) in [5, 5.41) is 18.0. The van der Waals surface area contributed by atoms with Crippen molar-refractivity contribution in [2.24, 2.45) is 5.92 Å². The van der Waals surface area contributed by atoms with Gasteiger partial charge < -0.3 is 24.5 Å². The Morgan fingerprint density at radius 1 is 1.12 bits per heavy atom. The second kappa shape index (κ2) is 9.72. The molecule has 9 heteroatoms. The van der Waals surface area contributed by atoms with E-state index in [1.165, 1.54) is 17.0 Å². The lowest BCUT2D eigenvalue weighted by molar-refractivity contribution is 0.0775. The van der Waals surface area contributed by atoms with E-state index in [1.54, 1.807) is 19.0 Å². The van der Waals surface area contributed by atoms with Crippen LogP contribution in [0.25, 0.3) is 10.9 Å². The van der Waals surface area contributed by atoms with E-state index >= 15 is 0 Å². The van der Waals surface area contributed by atoms with Gasteiger partial charge in [-0.25, -0.2) is 0 Å². The number of morpholine rings is 1. The number of H-pyrrole nitrogens is 1. The molecular weight excluding hydrogens is 434 g/mol. The van der Waals surface area contributed by atoms with Crippen molar-refractivity contribution in [1.29, 1.82) is 0 Å². The van der Waals surface area contributed by atoms with E-state index in [1.807, 2.05) is 38.1 Å². The van der Waals surface area contributed by atoms with Crippen molar-refractivity contribution in [3.8, 4) is 5.75 Å². The van der Waals surface area contributed by atoms with Gasteiger partial charge in [-0.05, 0) is 36.2 Å². The van der Waals surface area contributed by atoms with Crippen LogP contribution >= 0.6 is 0 Å². The van der Waals surface area contributed by atoms with Crippen LogP contribution in [-0.2, 0) is 4.74 Å². The number of fused-ring (bicyclic) bond motifs is 1. The van der Waals surface area contributed by atoms with Gasteiger partial charge in [0.15, 0.2) is 5.69 Å². The van der Waals surface area contributed by atoms with Crippen LogP contribution in [-0.4, -0.2) is 79.0 Å². The molecule has 0 bridgehead atoms. The summed E-state index contributed by atoms with van der Waals surface area (Å²) in [5.41, 5.74) is 2.60. The maximum Gasteiger partial charge on any atom is 0.274 e. The Kier molecular flexibility index (Phi) is 6.74. The van der Waals surface area contributed by atoms with E-state index in [0.717, 1.165) is 18.8 Å². The number of ether oxygens (including phenoxy) is 1. The minimum Gasteiger partial charge on any atom is -0.507 e. The molecule has 0 aliphatic carbocycles. The Bertz CT molecular complexity index is 1180. The lowest BCUT2D eigenvalue weighted by Crippen LogP contribution is -2.36. The molecule has 9 nitrogen and oxygen atoms in total. The number of aromatic nitrogens is 2. The highest BCUT2D eigenvalue weighted by molar-refractivity contribution is 6.12. The fourth-order valence-corrected chi connectivity index (χ4v) is 4.21. The predicted molar refractivity (Wildman–Crippen MR) is 132 cm³/mol. The second-order valence-corrected chi connectivity index (χ2v) is 9.05. The van der Waals surface area contributed by atoms with Crippen LogP contribution < -0.4 is 9.80 Å². The molecule has 3 aromatic rings. The number of phenols is 1. The SMILES string of the molecule is CC(C)CN(C)C(=O)c1n[nH]c2cc(O)c(C(=O)N(C)c3ccc(N4CCOCC4)cc3)cc12. The fraction of sp³-hybridized carbons (Fsp3) is 0.400. The highest BCUT2D eigenvalue weighted by Crippen LogP contribution is 2.29. The molecule has 2 heterocycles. The van der Waals surface area contributed by atoms with Gasteiger partial charge in [0.1, 0.15) is 5.75 Å². The Morgan fingerprint density at radius 3 is 2.44 bits per heavy atom. The summed E-state index contributed by atoms with van der Waals surface area (Å²) in [6.45, 7) is 7.72. The number of carbonyl (C=O) groups excluding carboxylic acids is 2. The van der Waals surface area contributed by atoms with Gasteiger partial charge in [0.05, 0.1) is 24.3 Å². The van der Waals surface area contributed by atoms with E-state index < -0.39 is 0 Å². The van der Waals surface area contributed by atoms with Gasteiger partial charge in [0.25, 0.3) is 11.8 Å². The summed E-state index contributed by atoms with van der Waals surface area (Å²) in [6.07, 6.45) is 0. The van der Waals surface area contributed by atoms with Crippen LogP contribution in [0.2, 0.25) is 0 Å². The third-order valence-electron chi connectivity index (χ3n) is 6.02. The van der Waals surface area contributed by atoms with Crippen LogP contribution in [0.1, 0.15) is 34.7 Å². The van der Waals surface area contributed by atoms with Crippen molar-refractivity contribution in [2.45, 2.75) is 13.8 Å². The molecule has 1 saturated heterocycles. The van der Waals surface area contributed by atoms with Gasteiger partial charge in [-0.15, -0.1) is 0 Å². The summed E-state index contributed by atoms with van der Waals surface area (Å²) in [4.78, 5) is 31.5. The van der Waals surface area contributed by atoms with E-state index in [-0.39, 0.29) is 28.8 Å². The van der Waals surface area contributed by atoms with Gasteiger partial charge in [-0.2, -0.15) is 5.10 Å². The summed E-state index contributed by atoms with van der Waals surface area (Å²) >= 11 is 0. The third-order valence-corrected chi connectivity index (χ3v) is 6.02. The van der Waals surface area contributed by atoms with Crippen LogP contribution in [0.15, 0.2) is 36.4 Å². The fourth-order valence-electron chi connectivity index (χ4n) is 4.21. The highest BCUT2D eigenvalue weighted by atomic mass is 16.5. The van der Waals surface area contributed by atoms with Crippen molar-refractivity contribution in [3.05, 3.63) is 47.7 Å². The average molecular weight is 466 g/mol. The normalized spacial score (nSPS) is 14.0. The van der Waals surface area contributed by atoms with Crippen LogP contribution in [0, 0.1) is 5.92 Å². The zero-order valence-corrected chi connectivity index (χ0v) is 20.0. The van der Waals surface area contributed by atoms with Crippen LogP contribution in [0.5, 0.6) is 5.75 Å². The lowest BCUT2D eigenvalue weighted by Gasteiger charge is -2.29. The standard InChI is InChI=1S/C25H31N5O4/c1-16(2)15-28(3)25(33)23-19-13-20(22(31)14-21(19)26-27-23)24(32)29(4)17-5-7-18(8-6-17)30-9-11-34-12-10-30/h5-8,13-14,16,31H,9-12,15H2,1-4H3,(H,26,27). The summed E-state index contributed by atoms with van der Waals surface area (Å²) in [6, 6.07) is 10.7. The molecule has 2 aromatic carbocycles.